The van der Waals surface area contributed by atoms with Gasteiger partial charge in [-0.2, -0.15) is 0 Å². The third-order valence-corrected chi connectivity index (χ3v) is 9.22. The van der Waals surface area contributed by atoms with Gasteiger partial charge in [-0.1, -0.05) is 24.6 Å². The fourth-order valence-corrected chi connectivity index (χ4v) is 7.20. The van der Waals surface area contributed by atoms with Crippen molar-refractivity contribution in [1.29, 1.82) is 0 Å². The Morgan fingerprint density at radius 2 is 1.48 bits per heavy atom. The van der Waals surface area contributed by atoms with E-state index in [0.29, 0.717) is 17.5 Å². The first-order chi connectivity index (χ1) is 13.7. The zero-order valence-electron chi connectivity index (χ0n) is 16.3. The number of sulfonamides is 2. The highest BCUT2D eigenvalue weighted by molar-refractivity contribution is 7.92. The Hall–Kier alpha value is -1.90. The lowest BCUT2D eigenvalue weighted by Crippen LogP contribution is -2.40. The third-order valence-electron chi connectivity index (χ3n) is 6.25. The van der Waals surface area contributed by atoms with E-state index in [4.69, 9.17) is 0 Å². The molecule has 0 saturated heterocycles. The second-order valence-corrected chi connectivity index (χ2v) is 11.6. The molecule has 2 N–H and O–H groups in total. The Balaban J connectivity index is 1.44. The van der Waals surface area contributed by atoms with Gasteiger partial charge in [0, 0.05) is 11.7 Å². The average molecular weight is 435 g/mol. The molecular formula is C21H26N2O4S2. The maximum absolute atomic E-state index is 12.8. The Morgan fingerprint density at radius 3 is 2.07 bits per heavy atom. The lowest BCUT2D eigenvalue weighted by atomic mass is 9.84. The van der Waals surface area contributed by atoms with Crippen LogP contribution in [-0.4, -0.2) is 22.9 Å². The molecule has 2 aliphatic rings. The van der Waals surface area contributed by atoms with Gasteiger partial charge in [0.05, 0.1) is 9.79 Å². The molecule has 29 heavy (non-hydrogen) atoms. The number of rotatable bonds is 7. The van der Waals surface area contributed by atoms with Crippen LogP contribution in [0.2, 0.25) is 0 Å². The molecule has 2 bridgehead atoms. The van der Waals surface area contributed by atoms with Crippen molar-refractivity contribution in [3.8, 4) is 0 Å². The van der Waals surface area contributed by atoms with Gasteiger partial charge < -0.3 is 0 Å². The van der Waals surface area contributed by atoms with Crippen molar-refractivity contribution in [2.45, 2.75) is 48.4 Å². The number of benzene rings is 2. The predicted molar refractivity (Wildman–Crippen MR) is 112 cm³/mol. The summed E-state index contributed by atoms with van der Waals surface area (Å²) in [6, 6.07) is 13.7. The summed E-state index contributed by atoms with van der Waals surface area (Å²) in [4.78, 5) is 0.285. The van der Waals surface area contributed by atoms with E-state index in [2.05, 4.69) is 9.44 Å². The average Bonchev–Trinajstić information content (AvgIpc) is 3.32. The number of nitrogens with one attached hydrogen (secondary N) is 2. The van der Waals surface area contributed by atoms with Crippen molar-refractivity contribution < 1.29 is 16.8 Å². The first-order valence-corrected chi connectivity index (χ1v) is 12.9. The van der Waals surface area contributed by atoms with E-state index >= 15 is 0 Å². The highest BCUT2D eigenvalue weighted by atomic mass is 32.2. The van der Waals surface area contributed by atoms with Crippen LogP contribution in [0.4, 0.5) is 5.69 Å². The molecule has 4 rings (SSSR count). The topological polar surface area (TPSA) is 92.3 Å². The molecule has 0 radical (unpaired) electrons. The Labute approximate surface area is 172 Å². The van der Waals surface area contributed by atoms with E-state index < -0.39 is 20.0 Å². The summed E-state index contributed by atoms with van der Waals surface area (Å²) in [5, 5.41) is 0. The molecule has 2 aromatic rings. The number of hydrogen-bond donors (Lipinski definition) is 2. The van der Waals surface area contributed by atoms with E-state index in [1.807, 2.05) is 6.92 Å². The van der Waals surface area contributed by atoms with Crippen LogP contribution in [0, 0.1) is 17.8 Å². The third kappa shape index (κ3) is 4.34. The molecule has 0 spiro atoms. The van der Waals surface area contributed by atoms with E-state index in [-0.39, 0.29) is 15.8 Å². The van der Waals surface area contributed by atoms with Crippen LogP contribution in [0.1, 0.15) is 32.6 Å². The fraction of sp³-hybridized carbons (Fsp3) is 0.429. The minimum Gasteiger partial charge on any atom is -0.280 e. The first kappa shape index (κ1) is 20.4. The molecule has 8 heteroatoms. The Kier molecular flexibility index (Phi) is 5.44. The first-order valence-electron chi connectivity index (χ1n) is 9.95. The normalized spacial score (nSPS) is 25.1. The van der Waals surface area contributed by atoms with Gasteiger partial charge in [-0.15, -0.1) is 0 Å². The summed E-state index contributed by atoms with van der Waals surface area (Å²) in [7, 11) is -7.37. The molecule has 2 aliphatic carbocycles. The molecule has 0 unspecified atom stereocenters. The van der Waals surface area contributed by atoms with Crippen LogP contribution < -0.4 is 9.44 Å². The summed E-state index contributed by atoms with van der Waals surface area (Å²) in [5.74, 6) is 1.79. The van der Waals surface area contributed by atoms with Crippen LogP contribution in [0.15, 0.2) is 64.4 Å². The summed E-state index contributed by atoms with van der Waals surface area (Å²) in [6.07, 6.45) is 4.82. The van der Waals surface area contributed by atoms with Crippen LogP contribution in [0.5, 0.6) is 0 Å². The lowest BCUT2D eigenvalue weighted by molar-refractivity contribution is 0.280. The van der Waals surface area contributed by atoms with E-state index in [0.717, 1.165) is 12.3 Å². The quantitative estimate of drug-likeness (QED) is 0.697. The molecular weight excluding hydrogens is 408 g/mol. The molecule has 0 amide bonds. The molecule has 0 aromatic heterocycles. The Morgan fingerprint density at radius 1 is 0.828 bits per heavy atom. The smallest absolute Gasteiger partial charge is 0.261 e. The Bertz CT molecular complexity index is 1070. The standard InChI is InChI=1S/C21H26N2O4S2/c1-15(21-14-16-7-8-17(21)13-16)22-28(24,25)20-11-9-18(10-12-20)23-29(26,27)19-5-3-2-4-6-19/h2-6,9-12,15-17,21-23H,7-8,13-14H2,1H3/t15-,16-,17-,21-/m0/s1. The summed E-state index contributed by atoms with van der Waals surface area (Å²) >= 11 is 0. The van der Waals surface area contributed by atoms with E-state index in [9.17, 15) is 16.8 Å². The minimum atomic E-state index is -3.71. The predicted octanol–water partition coefficient (Wildman–Crippen LogP) is 3.59. The van der Waals surface area contributed by atoms with Crippen molar-refractivity contribution in [3.63, 3.8) is 0 Å². The van der Waals surface area contributed by atoms with Gasteiger partial charge in [-0.05, 0) is 80.3 Å². The van der Waals surface area contributed by atoms with Crippen molar-refractivity contribution in [3.05, 3.63) is 54.6 Å². The lowest BCUT2D eigenvalue weighted by Gasteiger charge is -2.28. The van der Waals surface area contributed by atoms with Crippen LogP contribution >= 0.6 is 0 Å². The fourth-order valence-electron chi connectivity index (χ4n) is 4.82. The van der Waals surface area contributed by atoms with Gasteiger partial charge in [-0.3, -0.25) is 4.72 Å². The van der Waals surface area contributed by atoms with Gasteiger partial charge in [-0.25, -0.2) is 21.6 Å². The largest absolute Gasteiger partial charge is 0.280 e. The summed E-state index contributed by atoms with van der Waals surface area (Å²) in [6.45, 7) is 1.95. The zero-order chi connectivity index (χ0) is 20.6. The number of fused-ring (bicyclic) bond motifs is 2. The van der Waals surface area contributed by atoms with Crippen molar-refractivity contribution in [2.75, 3.05) is 4.72 Å². The van der Waals surface area contributed by atoms with Gasteiger partial charge >= 0.3 is 0 Å². The highest BCUT2D eigenvalue weighted by Crippen LogP contribution is 2.49. The van der Waals surface area contributed by atoms with Gasteiger partial charge in [0.25, 0.3) is 10.0 Å². The maximum atomic E-state index is 12.8. The van der Waals surface area contributed by atoms with Gasteiger partial charge in [0.2, 0.25) is 10.0 Å². The second kappa shape index (κ2) is 7.74. The highest BCUT2D eigenvalue weighted by Gasteiger charge is 2.42. The second-order valence-electron chi connectivity index (χ2n) is 8.19. The van der Waals surface area contributed by atoms with Crippen LogP contribution in [0.25, 0.3) is 0 Å². The molecule has 156 valence electrons. The van der Waals surface area contributed by atoms with Crippen molar-refractivity contribution in [1.82, 2.24) is 4.72 Å². The van der Waals surface area contributed by atoms with Crippen molar-refractivity contribution in [2.24, 2.45) is 17.8 Å². The molecule has 4 atom stereocenters. The summed E-state index contributed by atoms with van der Waals surface area (Å²) in [5.41, 5.74) is 0.314. The summed E-state index contributed by atoms with van der Waals surface area (Å²) < 4.78 is 55.6. The van der Waals surface area contributed by atoms with Crippen LogP contribution in [0.3, 0.4) is 0 Å². The van der Waals surface area contributed by atoms with Crippen molar-refractivity contribution >= 4 is 25.7 Å². The number of hydrogen-bond acceptors (Lipinski definition) is 4. The molecule has 0 aliphatic heterocycles. The number of anilines is 1. The van der Waals surface area contributed by atoms with Crippen LogP contribution in [-0.2, 0) is 20.0 Å². The maximum Gasteiger partial charge on any atom is 0.261 e. The molecule has 2 saturated carbocycles. The van der Waals surface area contributed by atoms with E-state index in [1.165, 1.54) is 55.7 Å². The van der Waals surface area contributed by atoms with Gasteiger partial charge in [0.15, 0.2) is 0 Å². The molecule has 0 heterocycles. The zero-order valence-corrected chi connectivity index (χ0v) is 17.9. The molecule has 6 nitrogen and oxygen atoms in total. The van der Waals surface area contributed by atoms with E-state index in [1.54, 1.807) is 18.2 Å². The SMILES string of the molecule is C[C@H](NS(=O)(=O)c1ccc(NS(=O)(=O)c2ccccc2)cc1)[C@@H]1C[C@H]2CC[C@H]1C2. The molecule has 2 aromatic carbocycles. The monoisotopic (exact) mass is 434 g/mol. The minimum absolute atomic E-state index is 0.105. The molecule has 2 fully saturated rings. The van der Waals surface area contributed by atoms with Gasteiger partial charge in [0.1, 0.15) is 0 Å².